The first-order valence-corrected chi connectivity index (χ1v) is 11.2. The molecule has 31 heavy (non-hydrogen) atoms. The molecular formula is C29H26N2. The molecule has 0 bridgehead atoms. The molecular weight excluding hydrogens is 376 g/mol. The van der Waals surface area contributed by atoms with E-state index in [0.29, 0.717) is 0 Å². The Kier molecular flexibility index (Phi) is 4.14. The van der Waals surface area contributed by atoms with Gasteiger partial charge in [-0.05, 0) is 56.7 Å². The van der Waals surface area contributed by atoms with E-state index in [0.717, 1.165) is 19.5 Å². The molecule has 0 aliphatic carbocycles. The normalized spacial score (nSPS) is 11.9. The maximum atomic E-state index is 2.51. The summed E-state index contributed by atoms with van der Waals surface area (Å²) in [6.45, 7) is 6.38. The lowest BCUT2D eigenvalue weighted by molar-refractivity contribution is 0.603. The Balaban J connectivity index is 1.41. The Hall–Kier alpha value is -3.52. The van der Waals surface area contributed by atoms with Gasteiger partial charge in [0.25, 0.3) is 0 Å². The fourth-order valence-corrected chi connectivity index (χ4v) is 5.20. The Morgan fingerprint density at radius 1 is 0.484 bits per heavy atom. The van der Waals surface area contributed by atoms with Crippen LogP contribution in [0.1, 0.15) is 17.5 Å². The summed E-state index contributed by atoms with van der Waals surface area (Å²) in [5.41, 5.74) is 7.98. The van der Waals surface area contributed by atoms with E-state index in [1.165, 1.54) is 54.7 Å². The highest BCUT2D eigenvalue weighted by molar-refractivity contribution is 6.09. The van der Waals surface area contributed by atoms with Crippen LogP contribution >= 0.6 is 0 Å². The maximum Gasteiger partial charge on any atom is 0.0491 e. The SMILES string of the molecule is Cc1ccc2c(c1)c1cc(C)ccc1n2CCCn1c2ccccc2c2ccccc21. The number of hydrogen-bond acceptors (Lipinski definition) is 0. The molecule has 2 heterocycles. The molecule has 0 aliphatic heterocycles. The van der Waals surface area contributed by atoms with Crippen molar-refractivity contribution in [2.45, 2.75) is 33.4 Å². The second kappa shape index (κ2) is 7.02. The molecule has 0 unspecified atom stereocenters. The van der Waals surface area contributed by atoms with Gasteiger partial charge >= 0.3 is 0 Å². The highest BCUT2D eigenvalue weighted by Crippen LogP contribution is 2.32. The van der Waals surface area contributed by atoms with Crippen LogP contribution in [0.3, 0.4) is 0 Å². The first-order valence-electron chi connectivity index (χ1n) is 11.2. The first-order chi connectivity index (χ1) is 15.2. The van der Waals surface area contributed by atoms with Crippen LogP contribution in [-0.4, -0.2) is 9.13 Å². The minimum Gasteiger partial charge on any atom is -0.340 e. The van der Waals surface area contributed by atoms with E-state index in [9.17, 15) is 0 Å². The van der Waals surface area contributed by atoms with Gasteiger partial charge in [0.15, 0.2) is 0 Å². The third-order valence-corrected chi connectivity index (χ3v) is 6.62. The van der Waals surface area contributed by atoms with Crippen molar-refractivity contribution in [3.05, 3.63) is 96.1 Å². The number of nitrogens with zero attached hydrogens (tertiary/aromatic N) is 2. The van der Waals surface area contributed by atoms with Crippen LogP contribution in [0, 0.1) is 13.8 Å². The van der Waals surface area contributed by atoms with Crippen LogP contribution in [0.4, 0.5) is 0 Å². The van der Waals surface area contributed by atoms with Gasteiger partial charge in [0.1, 0.15) is 0 Å². The van der Waals surface area contributed by atoms with E-state index in [2.05, 4.69) is 108 Å². The van der Waals surface area contributed by atoms with Crippen LogP contribution in [0.15, 0.2) is 84.9 Å². The molecule has 2 nitrogen and oxygen atoms in total. The predicted molar refractivity (Wildman–Crippen MR) is 133 cm³/mol. The average Bonchev–Trinajstić information content (AvgIpc) is 3.27. The fraction of sp³-hybridized carbons (Fsp3) is 0.172. The topological polar surface area (TPSA) is 9.86 Å². The molecule has 6 aromatic rings. The standard InChI is InChI=1S/C29H26N2/c1-20-12-14-28-24(18-20)25-19-21(2)13-15-29(25)31(28)17-7-16-30-26-10-5-3-8-22(26)23-9-4-6-11-27(23)30/h3-6,8-15,18-19H,7,16-17H2,1-2H3. The summed E-state index contributed by atoms with van der Waals surface area (Å²) in [7, 11) is 0. The summed E-state index contributed by atoms with van der Waals surface area (Å²) in [4.78, 5) is 0. The van der Waals surface area contributed by atoms with Crippen molar-refractivity contribution in [2.24, 2.45) is 0 Å². The molecule has 0 saturated heterocycles. The number of aryl methyl sites for hydroxylation is 4. The van der Waals surface area contributed by atoms with Crippen molar-refractivity contribution in [1.29, 1.82) is 0 Å². The van der Waals surface area contributed by atoms with Gasteiger partial charge < -0.3 is 9.13 Å². The zero-order valence-electron chi connectivity index (χ0n) is 18.1. The maximum absolute atomic E-state index is 2.51. The van der Waals surface area contributed by atoms with Gasteiger partial charge in [0.05, 0.1) is 0 Å². The summed E-state index contributed by atoms with van der Waals surface area (Å²) in [5.74, 6) is 0. The van der Waals surface area contributed by atoms with E-state index in [1.54, 1.807) is 0 Å². The predicted octanol–water partition coefficient (Wildman–Crippen LogP) is 7.61. The molecule has 0 N–H and O–H groups in total. The lowest BCUT2D eigenvalue weighted by atomic mass is 10.1. The van der Waals surface area contributed by atoms with E-state index < -0.39 is 0 Å². The third-order valence-electron chi connectivity index (χ3n) is 6.62. The molecule has 2 heteroatoms. The highest BCUT2D eigenvalue weighted by Gasteiger charge is 2.12. The van der Waals surface area contributed by atoms with Crippen molar-refractivity contribution < 1.29 is 0 Å². The molecule has 4 aromatic carbocycles. The monoisotopic (exact) mass is 402 g/mol. The van der Waals surface area contributed by atoms with Gasteiger partial charge in [-0.15, -0.1) is 0 Å². The second-order valence-corrected chi connectivity index (χ2v) is 8.73. The largest absolute Gasteiger partial charge is 0.340 e. The molecule has 152 valence electrons. The second-order valence-electron chi connectivity index (χ2n) is 8.73. The van der Waals surface area contributed by atoms with Gasteiger partial charge in [-0.3, -0.25) is 0 Å². The van der Waals surface area contributed by atoms with Gasteiger partial charge in [0.2, 0.25) is 0 Å². The van der Waals surface area contributed by atoms with Gasteiger partial charge in [0, 0.05) is 56.7 Å². The molecule has 0 radical (unpaired) electrons. The number of para-hydroxylation sites is 2. The Morgan fingerprint density at radius 2 is 0.903 bits per heavy atom. The number of benzene rings is 4. The first kappa shape index (κ1) is 18.3. The zero-order chi connectivity index (χ0) is 20.9. The van der Waals surface area contributed by atoms with Crippen molar-refractivity contribution in [1.82, 2.24) is 9.13 Å². The fourth-order valence-electron chi connectivity index (χ4n) is 5.20. The van der Waals surface area contributed by atoms with Crippen LogP contribution in [0.2, 0.25) is 0 Å². The lowest BCUT2D eigenvalue weighted by Crippen LogP contribution is -2.04. The van der Waals surface area contributed by atoms with E-state index in [1.807, 2.05) is 0 Å². The number of fused-ring (bicyclic) bond motifs is 6. The smallest absolute Gasteiger partial charge is 0.0491 e. The quantitative estimate of drug-likeness (QED) is 0.287. The van der Waals surface area contributed by atoms with E-state index in [-0.39, 0.29) is 0 Å². The molecule has 0 fully saturated rings. The minimum atomic E-state index is 1.01. The van der Waals surface area contributed by atoms with Gasteiger partial charge in [-0.1, -0.05) is 59.7 Å². The number of hydrogen-bond donors (Lipinski definition) is 0. The summed E-state index contributed by atoms with van der Waals surface area (Å²) in [6, 6.07) is 31.3. The summed E-state index contributed by atoms with van der Waals surface area (Å²) in [6.07, 6.45) is 1.09. The molecule has 2 aromatic heterocycles. The lowest BCUT2D eigenvalue weighted by Gasteiger charge is -2.11. The summed E-state index contributed by atoms with van der Waals surface area (Å²) in [5, 5.41) is 5.44. The van der Waals surface area contributed by atoms with Crippen LogP contribution in [-0.2, 0) is 13.1 Å². The number of aromatic nitrogens is 2. The van der Waals surface area contributed by atoms with Crippen molar-refractivity contribution in [3.63, 3.8) is 0 Å². The van der Waals surface area contributed by atoms with Crippen molar-refractivity contribution in [2.75, 3.05) is 0 Å². The van der Waals surface area contributed by atoms with Crippen molar-refractivity contribution in [3.8, 4) is 0 Å². The molecule has 0 aliphatic rings. The Bertz CT molecular complexity index is 1470. The highest BCUT2D eigenvalue weighted by atomic mass is 15.0. The zero-order valence-corrected chi connectivity index (χ0v) is 18.1. The average molecular weight is 403 g/mol. The molecule has 0 atom stereocenters. The molecule has 0 saturated carbocycles. The summed E-state index contributed by atoms with van der Waals surface area (Å²) < 4.78 is 5.00. The van der Waals surface area contributed by atoms with Crippen LogP contribution in [0.5, 0.6) is 0 Å². The van der Waals surface area contributed by atoms with Crippen LogP contribution in [0.25, 0.3) is 43.6 Å². The van der Waals surface area contributed by atoms with E-state index in [4.69, 9.17) is 0 Å². The Labute approximate surface area is 182 Å². The molecule has 0 spiro atoms. The number of rotatable bonds is 4. The summed E-state index contributed by atoms with van der Waals surface area (Å²) >= 11 is 0. The van der Waals surface area contributed by atoms with Crippen molar-refractivity contribution >= 4 is 43.6 Å². The third kappa shape index (κ3) is 2.86. The molecule has 6 rings (SSSR count). The molecule has 0 amide bonds. The van der Waals surface area contributed by atoms with Gasteiger partial charge in [-0.25, -0.2) is 0 Å². The Morgan fingerprint density at radius 3 is 1.39 bits per heavy atom. The van der Waals surface area contributed by atoms with E-state index >= 15 is 0 Å². The minimum absolute atomic E-state index is 1.01. The van der Waals surface area contributed by atoms with Gasteiger partial charge in [-0.2, -0.15) is 0 Å². The van der Waals surface area contributed by atoms with Crippen LogP contribution < -0.4 is 0 Å².